The number of benzene rings is 1. The Morgan fingerprint density at radius 3 is 3.00 bits per heavy atom. The zero-order valence-electron chi connectivity index (χ0n) is 11.4. The van der Waals surface area contributed by atoms with E-state index in [2.05, 4.69) is 22.0 Å². The summed E-state index contributed by atoms with van der Waals surface area (Å²) >= 11 is 0. The van der Waals surface area contributed by atoms with E-state index in [4.69, 9.17) is 9.95 Å². The standard InChI is InChI=1S/C14H15N5O/c1-3-12-10-4-5-13-11(6-7-20-13)14(10)19(17-12)8-9(2)16-18-15/h4-7,9H,3,8H2,1-2H3/t9-/m0/s1. The van der Waals surface area contributed by atoms with Crippen LogP contribution >= 0.6 is 0 Å². The third kappa shape index (κ3) is 1.90. The van der Waals surface area contributed by atoms with E-state index < -0.39 is 0 Å². The van der Waals surface area contributed by atoms with Crippen LogP contribution in [-0.2, 0) is 13.0 Å². The summed E-state index contributed by atoms with van der Waals surface area (Å²) in [6, 6.07) is 5.82. The molecule has 3 rings (SSSR count). The molecule has 0 aliphatic rings. The molecule has 0 saturated heterocycles. The Morgan fingerprint density at radius 1 is 1.40 bits per heavy atom. The summed E-state index contributed by atoms with van der Waals surface area (Å²) in [7, 11) is 0. The fraction of sp³-hybridized carbons (Fsp3) is 0.357. The minimum atomic E-state index is -0.144. The third-order valence-electron chi connectivity index (χ3n) is 3.44. The quantitative estimate of drug-likeness (QED) is 0.407. The van der Waals surface area contributed by atoms with Crippen molar-refractivity contribution in [2.45, 2.75) is 32.9 Å². The van der Waals surface area contributed by atoms with Gasteiger partial charge in [-0.2, -0.15) is 5.10 Å². The molecule has 6 heteroatoms. The minimum absolute atomic E-state index is 0.144. The van der Waals surface area contributed by atoms with Crippen LogP contribution in [0.3, 0.4) is 0 Å². The number of aromatic nitrogens is 2. The van der Waals surface area contributed by atoms with E-state index in [-0.39, 0.29) is 6.04 Å². The van der Waals surface area contributed by atoms with E-state index in [0.29, 0.717) is 6.54 Å². The SMILES string of the molecule is CCc1nn(C[C@H](C)N=[N+]=[N-])c2c1ccc1occc12. The molecule has 2 heterocycles. The zero-order chi connectivity index (χ0) is 14.1. The van der Waals surface area contributed by atoms with Gasteiger partial charge in [0.1, 0.15) is 5.58 Å². The van der Waals surface area contributed by atoms with E-state index in [1.54, 1.807) is 6.26 Å². The maximum atomic E-state index is 8.53. The maximum Gasteiger partial charge on any atom is 0.136 e. The minimum Gasteiger partial charge on any atom is -0.464 e. The topological polar surface area (TPSA) is 79.7 Å². The first-order chi connectivity index (χ1) is 9.74. The Morgan fingerprint density at radius 2 is 2.25 bits per heavy atom. The van der Waals surface area contributed by atoms with Crippen molar-refractivity contribution in [2.75, 3.05) is 0 Å². The first-order valence-corrected chi connectivity index (χ1v) is 6.64. The van der Waals surface area contributed by atoms with Crippen LogP contribution in [0, 0.1) is 0 Å². The van der Waals surface area contributed by atoms with E-state index in [1.165, 1.54) is 0 Å². The normalized spacial score (nSPS) is 12.7. The highest BCUT2D eigenvalue weighted by molar-refractivity contribution is 6.04. The predicted octanol–water partition coefficient (Wildman–Crippen LogP) is 4.04. The van der Waals surface area contributed by atoms with Crippen molar-refractivity contribution in [3.8, 4) is 0 Å². The predicted molar refractivity (Wildman–Crippen MR) is 77.5 cm³/mol. The van der Waals surface area contributed by atoms with E-state index >= 15 is 0 Å². The average Bonchev–Trinajstić information content (AvgIpc) is 3.02. The lowest BCUT2D eigenvalue weighted by Crippen LogP contribution is -2.11. The van der Waals surface area contributed by atoms with E-state index in [0.717, 1.165) is 34.0 Å². The molecule has 0 aliphatic heterocycles. The molecule has 0 radical (unpaired) electrons. The van der Waals surface area contributed by atoms with Crippen LogP contribution in [0.2, 0.25) is 0 Å². The van der Waals surface area contributed by atoms with Crippen molar-refractivity contribution in [3.63, 3.8) is 0 Å². The number of aryl methyl sites for hydroxylation is 1. The number of azide groups is 1. The van der Waals surface area contributed by atoms with Crippen LogP contribution in [0.25, 0.3) is 32.3 Å². The Kier molecular flexibility index (Phi) is 3.08. The second-order valence-corrected chi connectivity index (χ2v) is 4.83. The zero-order valence-corrected chi connectivity index (χ0v) is 11.4. The van der Waals surface area contributed by atoms with Gasteiger partial charge < -0.3 is 4.42 Å². The number of nitrogens with zero attached hydrogens (tertiary/aromatic N) is 5. The lowest BCUT2D eigenvalue weighted by molar-refractivity contribution is 0.547. The van der Waals surface area contributed by atoms with Crippen molar-refractivity contribution >= 4 is 21.9 Å². The Labute approximate surface area is 115 Å². The van der Waals surface area contributed by atoms with Crippen LogP contribution < -0.4 is 0 Å². The fourth-order valence-corrected chi connectivity index (χ4v) is 2.56. The molecule has 1 aromatic carbocycles. The summed E-state index contributed by atoms with van der Waals surface area (Å²) in [5.41, 5.74) is 11.5. The molecule has 3 aromatic rings. The van der Waals surface area contributed by atoms with Crippen molar-refractivity contribution < 1.29 is 4.42 Å². The molecule has 0 bridgehead atoms. The van der Waals surface area contributed by atoms with Gasteiger partial charge in [-0.1, -0.05) is 19.0 Å². The molecular formula is C14H15N5O. The molecule has 2 aromatic heterocycles. The van der Waals surface area contributed by atoms with Gasteiger partial charge in [-0.3, -0.25) is 4.68 Å². The smallest absolute Gasteiger partial charge is 0.136 e. The molecule has 0 fully saturated rings. The first kappa shape index (κ1) is 12.6. The summed E-state index contributed by atoms with van der Waals surface area (Å²) in [6.07, 6.45) is 2.55. The number of furan rings is 1. The summed E-state index contributed by atoms with van der Waals surface area (Å²) in [5.74, 6) is 0. The maximum absolute atomic E-state index is 8.53. The lowest BCUT2D eigenvalue weighted by Gasteiger charge is -2.06. The van der Waals surface area contributed by atoms with E-state index in [1.807, 2.05) is 29.8 Å². The Hall–Kier alpha value is -2.46. The van der Waals surface area contributed by atoms with Crippen molar-refractivity contribution in [1.29, 1.82) is 0 Å². The molecule has 0 spiro atoms. The highest BCUT2D eigenvalue weighted by Crippen LogP contribution is 2.29. The van der Waals surface area contributed by atoms with Crippen LogP contribution in [0.1, 0.15) is 19.5 Å². The molecule has 0 N–H and O–H groups in total. The molecule has 102 valence electrons. The van der Waals surface area contributed by atoms with E-state index in [9.17, 15) is 0 Å². The summed E-state index contributed by atoms with van der Waals surface area (Å²) in [6.45, 7) is 4.53. The van der Waals surface area contributed by atoms with Crippen molar-refractivity contribution in [2.24, 2.45) is 5.11 Å². The molecule has 0 amide bonds. The highest BCUT2D eigenvalue weighted by atomic mass is 16.3. The van der Waals surface area contributed by atoms with Crippen LogP contribution in [0.15, 0.2) is 34.0 Å². The second kappa shape index (κ2) is 4.90. The van der Waals surface area contributed by atoms with Crippen LogP contribution in [0.5, 0.6) is 0 Å². The molecule has 20 heavy (non-hydrogen) atoms. The van der Waals surface area contributed by atoms with Gasteiger partial charge in [-0.05, 0) is 30.2 Å². The number of hydrogen-bond donors (Lipinski definition) is 0. The Bertz CT molecular complexity index is 810. The Balaban J connectivity index is 2.24. The first-order valence-electron chi connectivity index (χ1n) is 6.64. The number of rotatable bonds is 4. The van der Waals surface area contributed by atoms with Crippen LogP contribution in [0.4, 0.5) is 0 Å². The summed E-state index contributed by atoms with van der Waals surface area (Å²) in [5, 5.41) is 10.6. The number of fused-ring (bicyclic) bond motifs is 3. The highest BCUT2D eigenvalue weighted by Gasteiger charge is 2.15. The van der Waals surface area contributed by atoms with Gasteiger partial charge in [0, 0.05) is 22.2 Å². The van der Waals surface area contributed by atoms with Gasteiger partial charge in [0.2, 0.25) is 0 Å². The van der Waals surface area contributed by atoms with Gasteiger partial charge in [0.05, 0.1) is 23.5 Å². The van der Waals surface area contributed by atoms with Gasteiger partial charge in [-0.15, -0.1) is 0 Å². The largest absolute Gasteiger partial charge is 0.464 e. The van der Waals surface area contributed by atoms with Gasteiger partial charge in [0.15, 0.2) is 0 Å². The van der Waals surface area contributed by atoms with Crippen molar-refractivity contribution in [1.82, 2.24) is 9.78 Å². The molecular weight excluding hydrogens is 254 g/mol. The third-order valence-corrected chi connectivity index (χ3v) is 3.44. The second-order valence-electron chi connectivity index (χ2n) is 4.83. The average molecular weight is 269 g/mol. The fourth-order valence-electron chi connectivity index (χ4n) is 2.56. The lowest BCUT2D eigenvalue weighted by atomic mass is 10.1. The molecule has 0 unspecified atom stereocenters. The summed E-state index contributed by atoms with van der Waals surface area (Å²) < 4.78 is 7.38. The molecule has 6 nitrogen and oxygen atoms in total. The van der Waals surface area contributed by atoms with Crippen LogP contribution in [-0.4, -0.2) is 15.8 Å². The monoisotopic (exact) mass is 269 g/mol. The molecule has 0 aliphatic carbocycles. The van der Waals surface area contributed by atoms with Gasteiger partial charge >= 0.3 is 0 Å². The van der Waals surface area contributed by atoms with Gasteiger partial charge in [-0.25, -0.2) is 0 Å². The number of hydrogen-bond acceptors (Lipinski definition) is 3. The van der Waals surface area contributed by atoms with Crippen molar-refractivity contribution in [3.05, 3.63) is 40.6 Å². The molecule has 0 saturated carbocycles. The summed E-state index contributed by atoms with van der Waals surface area (Å²) in [4.78, 5) is 2.86. The molecule has 1 atom stereocenters. The van der Waals surface area contributed by atoms with Gasteiger partial charge in [0.25, 0.3) is 0 Å².